The Morgan fingerprint density at radius 3 is 2.43 bits per heavy atom. The van der Waals surface area contributed by atoms with E-state index in [9.17, 15) is 19.2 Å². The van der Waals surface area contributed by atoms with E-state index >= 15 is 0 Å². The van der Waals surface area contributed by atoms with Gasteiger partial charge in [0.1, 0.15) is 17.7 Å². The van der Waals surface area contributed by atoms with Crippen molar-refractivity contribution in [3.63, 3.8) is 0 Å². The number of unbranched alkanes of at least 4 members (excludes halogenated alkanes) is 2. The van der Waals surface area contributed by atoms with Crippen LogP contribution in [0.4, 0.5) is 4.79 Å². The highest BCUT2D eigenvalue weighted by Crippen LogP contribution is 2.25. The van der Waals surface area contributed by atoms with Crippen molar-refractivity contribution in [2.24, 2.45) is 5.73 Å². The summed E-state index contributed by atoms with van der Waals surface area (Å²) in [5.41, 5.74) is 5.88. The summed E-state index contributed by atoms with van der Waals surface area (Å²) in [6.45, 7) is 15.2. The Hall–Kier alpha value is -3.62. The van der Waals surface area contributed by atoms with Crippen LogP contribution in [0.2, 0.25) is 0 Å². The number of hydrogen-bond donors (Lipinski definition) is 3. The summed E-state index contributed by atoms with van der Waals surface area (Å²) in [7, 11) is 0. The van der Waals surface area contributed by atoms with Gasteiger partial charge in [-0.15, -0.1) is 6.58 Å². The number of benzene rings is 1. The molecule has 9 nitrogen and oxygen atoms in total. The number of nitrogens with zero attached hydrogens (tertiary/aromatic N) is 1. The molecule has 1 rings (SSSR count). The smallest absolute Gasteiger partial charge is 0.408 e. The minimum absolute atomic E-state index is 0.0211. The zero-order valence-electron chi connectivity index (χ0n) is 22.5. The zero-order chi connectivity index (χ0) is 28.0. The highest BCUT2D eigenvalue weighted by atomic mass is 16.6. The lowest BCUT2D eigenvalue weighted by Crippen LogP contribution is -2.53. The van der Waals surface area contributed by atoms with Gasteiger partial charge in [-0.2, -0.15) is 0 Å². The van der Waals surface area contributed by atoms with Gasteiger partial charge in [0, 0.05) is 19.5 Å². The van der Waals surface area contributed by atoms with Crippen molar-refractivity contribution in [1.82, 2.24) is 15.5 Å². The van der Waals surface area contributed by atoms with E-state index in [-0.39, 0.29) is 25.3 Å². The third-order valence-corrected chi connectivity index (χ3v) is 5.38. The van der Waals surface area contributed by atoms with Crippen LogP contribution in [0.5, 0.6) is 0 Å². The highest BCUT2D eigenvalue weighted by molar-refractivity contribution is 5.92. The van der Waals surface area contributed by atoms with E-state index in [4.69, 9.17) is 10.5 Å². The van der Waals surface area contributed by atoms with Crippen LogP contribution in [0.3, 0.4) is 0 Å². The summed E-state index contributed by atoms with van der Waals surface area (Å²) in [5, 5.41) is 5.48. The largest absolute Gasteiger partial charge is 0.444 e. The fraction of sp³-hybridized carbons (Fsp3) is 0.500. The molecule has 4 amide bonds. The normalized spacial score (nSPS) is 12.5. The molecule has 0 saturated carbocycles. The second-order valence-corrected chi connectivity index (χ2v) is 9.76. The van der Waals surface area contributed by atoms with Gasteiger partial charge in [0.15, 0.2) is 0 Å². The fourth-order valence-corrected chi connectivity index (χ4v) is 3.67. The van der Waals surface area contributed by atoms with E-state index < -0.39 is 35.6 Å². The monoisotopic (exact) mass is 514 g/mol. The van der Waals surface area contributed by atoms with Gasteiger partial charge in [-0.3, -0.25) is 14.4 Å². The van der Waals surface area contributed by atoms with Crippen LogP contribution >= 0.6 is 0 Å². The van der Waals surface area contributed by atoms with Gasteiger partial charge in [-0.05, 0) is 50.8 Å². The summed E-state index contributed by atoms with van der Waals surface area (Å²) in [6, 6.07) is 5.00. The van der Waals surface area contributed by atoms with E-state index in [0.717, 1.165) is 24.8 Å². The van der Waals surface area contributed by atoms with Gasteiger partial charge in [-0.25, -0.2) is 4.79 Å². The Morgan fingerprint density at radius 1 is 1.16 bits per heavy atom. The first-order valence-electron chi connectivity index (χ1n) is 12.6. The van der Waals surface area contributed by atoms with Gasteiger partial charge in [0.05, 0.1) is 0 Å². The maximum absolute atomic E-state index is 13.9. The van der Waals surface area contributed by atoms with E-state index in [0.29, 0.717) is 12.1 Å². The Balaban J connectivity index is 3.43. The third-order valence-electron chi connectivity index (χ3n) is 5.38. The number of ether oxygens (including phenoxy) is 1. The zero-order valence-corrected chi connectivity index (χ0v) is 22.5. The third kappa shape index (κ3) is 11.3. The quantitative estimate of drug-likeness (QED) is 0.242. The SMILES string of the molecule is C=CCN(C(=O)C(CCC(N)=O)NC(=O)OC(C)(C)C)C(C(=O)NCCCCC)c1cccc(C=C)c1. The fourth-order valence-electron chi connectivity index (χ4n) is 3.67. The second-order valence-electron chi connectivity index (χ2n) is 9.76. The van der Waals surface area contributed by atoms with Crippen LogP contribution in [0.25, 0.3) is 6.08 Å². The molecule has 2 atom stereocenters. The van der Waals surface area contributed by atoms with Crippen molar-refractivity contribution in [3.05, 3.63) is 54.6 Å². The molecule has 9 heteroatoms. The molecule has 0 fully saturated rings. The summed E-state index contributed by atoms with van der Waals surface area (Å²) in [6.07, 6.45) is 4.90. The average molecular weight is 515 g/mol. The molecule has 204 valence electrons. The number of primary amides is 1. The second kappa shape index (κ2) is 15.5. The summed E-state index contributed by atoms with van der Waals surface area (Å²) in [4.78, 5) is 52.7. The molecule has 1 aromatic rings. The van der Waals surface area contributed by atoms with Gasteiger partial charge in [0.2, 0.25) is 17.7 Å². The predicted molar refractivity (Wildman–Crippen MR) is 145 cm³/mol. The van der Waals surface area contributed by atoms with Gasteiger partial charge in [-0.1, -0.05) is 56.7 Å². The molecule has 37 heavy (non-hydrogen) atoms. The minimum atomic E-state index is -1.15. The number of alkyl carbamates (subject to hydrolysis) is 1. The van der Waals surface area contributed by atoms with Crippen LogP contribution in [-0.4, -0.2) is 53.4 Å². The molecule has 2 unspecified atom stereocenters. The summed E-state index contributed by atoms with van der Waals surface area (Å²) >= 11 is 0. The Labute approximate surface area is 220 Å². The number of hydrogen-bond acceptors (Lipinski definition) is 5. The van der Waals surface area contributed by atoms with Gasteiger partial charge >= 0.3 is 6.09 Å². The molecule has 0 heterocycles. The lowest BCUT2D eigenvalue weighted by atomic mass is 9.99. The molecule has 0 saturated heterocycles. The molecule has 0 radical (unpaired) electrons. The first-order chi connectivity index (χ1) is 17.4. The van der Waals surface area contributed by atoms with Crippen LogP contribution in [0.1, 0.15) is 77.0 Å². The van der Waals surface area contributed by atoms with E-state index in [1.54, 1.807) is 45.0 Å². The standard InChI is InChI=1S/C28H42N4O5/c1-7-10-11-17-30-25(34)24(21-14-12-13-20(9-3)19-21)32(18-8-2)26(35)22(15-16-23(29)33)31-27(36)37-28(4,5)6/h8-9,12-14,19,22,24H,2-3,7,10-11,15-18H2,1,4-6H3,(H2,29,33)(H,30,34)(H,31,36). The lowest BCUT2D eigenvalue weighted by molar-refractivity contribution is -0.142. The molecule has 0 aliphatic rings. The highest BCUT2D eigenvalue weighted by Gasteiger charge is 2.35. The maximum Gasteiger partial charge on any atom is 0.408 e. The van der Waals surface area contributed by atoms with Crippen molar-refractivity contribution in [2.75, 3.05) is 13.1 Å². The number of nitrogens with two attached hydrogens (primary N) is 1. The minimum Gasteiger partial charge on any atom is -0.444 e. The van der Waals surface area contributed by atoms with Crippen LogP contribution < -0.4 is 16.4 Å². The molecule has 0 aliphatic carbocycles. The molecular weight excluding hydrogens is 472 g/mol. The first kappa shape index (κ1) is 31.4. The Morgan fingerprint density at radius 2 is 1.86 bits per heavy atom. The van der Waals surface area contributed by atoms with E-state index in [1.165, 1.54) is 11.0 Å². The van der Waals surface area contributed by atoms with Crippen molar-refractivity contribution >= 4 is 29.9 Å². The number of nitrogens with one attached hydrogen (secondary N) is 2. The first-order valence-corrected chi connectivity index (χ1v) is 12.6. The predicted octanol–water partition coefficient (Wildman–Crippen LogP) is 3.85. The molecular formula is C28H42N4O5. The van der Waals surface area contributed by atoms with Crippen molar-refractivity contribution in [3.8, 4) is 0 Å². The Kier molecular flexibility index (Phi) is 13.1. The van der Waals surface area contributed by atoms with Crippen molar-refractivity contribution in [2.45, 2.75) is 77.5 Å². The number of rotatable bonds is 15. The molecule has 4 N–H and O–H groups in total. The Bertz CT molecular complexity index is 954. The van der Waals surface area contributed by atoms with Gasteiger partial charge < -0.3 is 26.0 Å². The number of carbonyl (C=O) groups is 4. The number of amides is 4. The molecule has 0 aliphatic heterocycles. The lowest BCUT2D eigenvalue weighted by Gasteiger charge is -2.34. The number of carbonyl (C=O) groups excluding carboxylic acids is 4. The van der Waals surface area contributed by atoms with Crippen LogP contribution in [0, 0.1) is 0 Å². The van der Waals surface area contributed by atoms with Crippen molar-refractivity contribution < 1.29 is 23.9 Å². The molecule has 0 aromatic heterocycles. The van der Waals surface area contributed by atoms with Crippen LogP contribution in [0.15, 0.2) is 43.5 Å². The average Bonchev–Trinajstić information content (AvgIpc) is 2.82. The van der Waals surface area contributed by atoms with Gasteiger partial charge in [0.25, 0.3) is 0 Å². The summed E-state index contributed by atoms with van der Waals surface area (Å²) < 4.78 is 5.32. The topological polar surface area (TPSA) is 131 Å². The summed E-state index contributed by atoms with van der Waals surface area (Å²) in [5.74, 6) is -1.55. The molecule has 1 aromatic carbocycles. The van der Waals surface area contributed by atoms with Crippen molar-refractivity contribution in [1.29, 1.82) is 0 Å². The molecule has 0 spiro atoms. The van der Waals surface area contributed by atoms with Crippen LogP contribution in [-0.2, 0) is 19.1 Å². The molecule has 0 bridgehead atoms. The van der Waals surface area contributed by atoms with E-state index in [1.807, 2.05) is 6.07 Å². The maximum atomic E-state index is 13.9. The van der Waals surface area contributed by atoms with E-state index in [2.05, 4.69) is 30.7 Å².